The van der Waals surface area contributed by atoms with Crippen LogP contribution < -0.4 is 10.2 Å². The van der Waals surface area contributed by atoms with E-state index in [-0.39, 0.29) is 0 Å². The van der Waals surface area contributed by atoms with Gasteiger partial charge in [-0.3, -0.25) is 0 Å². The highest BCUT2D eigenvalue weighted by Gasteiger charge is 2.22. The van der Waals surface area contributed by atoms with Crippen LogP contribution in [0.4, 0.5) is 5.69 Å². The molecule has 1 aliphatic rings. The van der Waals surface area contributed by atoms with Gasteiger partial charge in [-0.15, -0.1) is 0 Å². The zero-order valence-electron chi connectivity index (χ0n) is 13.7. The summed E-state index contributed by atoms with van der Waals surface area (Å²) in [5, 5.41) is 4.84. The number of benzene rings is 1. The van der Waals surface area contributed by atoms with Gasteiger partial charge in [-0.25, -0.2) is 0 Å². The van der Waals surface area contributed by atoms with Crippen LogP contribution in [0.1, 0.15) is 25.0 Å². The summed E-state index contributed by atoms with van der Waals surface area (Å²) in [6, 6.07) is 6.88. The highest BCUT2D eigenvalue weighted by Crippen LogP contribution is 2.29. The summed E-state index contributed by atoms with van der Waals surface area (Å²) in [5.74, 6) is 0. The molecule has 4 heteroatoms. The number of ether oxygens (including phenoxy) is 1. The molecule has 0 amide bonds. The monoisotopic (exact) mass is 308 g/mol. The number of aryl methyl sites for hydroxylation is 1. The highest BCUT2D eigenvalue weighted by molar-refractivity contribution is 8.00. The SMILES string of the molecule is COCCNCc1ccc(N2CC(C)SC(C)C2)cc1C. The summed E-state index contributed by atoms with van der Waals surface area (Å²) in [7, 11) is 1.74. The van der Waals surface area contributed by atoms with Crippen molar-refractivity contribution in [1.29, 1.82) is 0 Å². The molecule has 0 bridgehead atoms. The van der Waals surface area contributed by atoms with Crippen molar-refractivity contribution in [2.45, 2.75) is 37.8 Å². The van der Waals surface area contributed by atoms with E-state index in [4.69, 9.17) is 4.74 Å². The van der Waals surface area contributed by atoms with Crippen molar-refractivity contribution in [2.75, 3.05) is 38.3 Å². The van der Waals surface area contributed by atoms with Crippen LogP contribution in [0.5, 0.6) is 0 Å². The van der Waals surface area contributed by atoms with Gasteiger partial charge in [0.1, 0.15) is 0 Å². The Balaban J connectivity index is 1.98. The predicted molar refractivity (Wildman–Crippen MR) is 93.5 cm³/mol. The van der Waals surface area contributed by atoms with Gasteiger partial charge in [0.25, 0.3) is 0 Å². The lowest BCUT2D eigenvalue weighted by atomic mass is 10.1. The Morgan fingerprint density at radius 1 is 1.29 bits per heavy atom. The average Bonchev–Trinajstić information content (AvgIpc) is 2.44. The van der Waals surface area contributed by atoms with Crippen molar-refractivity contribution in [2.24, 2.45) is 0 Å². The molecule has 0 aliphatic carbocycles. The Bertz CT molecular complexity index is 442. The molecule has 1 saturated heterocycles. The van der Waals surface area contributed by atoms with Crippen molar-refractivity contribution >= 4 is 17.4 Å². The average molecular weight is 308 g/mol. The van der Waals surface area contributed by atoms with Crippen LogP contribution in [0.25, 0.3) is 0 Å². The molecule has 1 fully saturated rings. The van der Waals surface area contributed by atoms with E-state index in [9.17, 15) is 0 Å². The third kappa shape index (κ3) is 4.90. The number of rotatable bonds is 6. The molecule has 21 heavy (non-hydrogen) atoms. The number of anilines is 1. The zero-order chi connectivity index (χ0) is 15.2. The van der Waals surface area contributed by atoms with E-state index >= 15 is 0 Å². The van der Waals surface area contributed by atoms with Gasteiger partial charge in [-0.05, 0) is 30.2 Å². The number of thioether (sulfide) groups is 1. The second kappa shape index (κ2) is 8.06. The fourth-order valence-corrected chi connectivity index (χ4v) is 4.19. The van der Waals surface area contributed by atoms with Gasteiger partial charge in [0.15, 0.2) is 0 Å². The maximum atomic E-state index is 5.06. The molecule has 2 rings (SSSR count). The predicted octanol–water partition coefficient (Wildman–Crippen LogP) is 3.06. The first kappa shape index (κ1) is 16.7. The molecule has 0 spiro atoms. The molecule has 0 radical (unpaired) electrons. The number of nitrogens with one attached hydrogen (secondary N) is 1. The summed E-state index contributed by atoms with van der Waals surface area (Å²) in [6.07, 6.45) is 0. The Hall–Kier alpha value is -0.710. The van der Waals surface area contributed by atoms with Gasteiger partial charge < -0.3 is 15.0 Å². The molecule has 1 aliphatic heterocycles. The molecule has 0 aromatic heterocycles. The molecule has 1 aromatic carbocycles. The molecule has 1 N–H and O–H groups in total. The van der Waals surface area contributed by atoms with E-state index < -0.39 is 0 Å². The summed E-state index contributed by atoms with van der Waals surface area (Å²) < 4.78 is 5.06. The van der Waals surface area contributed by atoms with Gasteiger partial charge in [0.2, 0.25) is 0 Å². The maximum absolute atomic E-state index is 5.06. The minimum absolute atomic E-state index is 0.712. The number of hydrogen-bond acceptors (Lipinski definition) is 4. The van der Waals surface area contributed by atoms with Gasteiger partial charge in [0.05, 0.1) is 6.61 Å². The number of methoxy groups -OCH3 is 1. The Labute approximate surface area is 133 Å². The van der Waals surface area contributed by atoms with Crippen LogP contribution in [0.3, 0.4) is 0 Å². The fraction of sp³-hybridized carbons (Fsp3) is 0.647. The number of nitrogens with zero attached hydrogens (tertiary/aromatic N) is 1. The normalized spacial score (nSPS) is 22.6. The first-order valence-electron chi connectivity index (χ1n) is 7.79. The van der Waals surface area contributed by atoms with Crippen molar-refractivity contribution in [3.63, 3.8) is 0 Å². The van der Waals surface area contributed by atoms with E-state index in [0.717, 1.165) is 32.8 Å². The van der Waals surface area contributed by atoms with Crippen molar-refractivity contribution in [3.8, 4) is 0 Å². The molecule has 118 valence electrons. The van der Waals surface area contributed by atoms with Crippen LogP contribution in [0.2, 0.25) is 0 Å². The summed E-state index contributed by atoms with van der Waals surface area (Å²) in [5.41, 5.74) is 4.12. The number of hydrogen-bond donors (Lipinski definition) is 1. The van der Waals surface area contributed by atoms with Crippen LogP contribution in [0.15, 0.2) is 18.2 Å². The molecule has 1 heterocycles. The largest absolute Gasteiger partial charge is 0.383 e. The minimum Gasteiger partial charge on any atom is -0.383 e. The lowest BCUT2D eigenvalue weighted by Crippen LogP contribution is -2.40. The smallest absolute Gasteiger partial charge is 0.0587 e. The van der Waals surface area contributed by atoms with Crippen LogP contribution >= 0.6 is 11.8 Å². The van der Waals surface area contributed by atoms with Crippen molar-refractivity contribution < 1.29 is 4.74 Å². The topological polar surface area (TPSA) is 24.5 Å². The third-order valence-electron chi connectivity index (χ3n) is 3.91. The molecular formula is C17H28N2OS. The molecule has 1 aromatic rings. The standard InChI is InChI=1S/C17H28N2OS/c1-13-9-17(19-11-14(2)21-15(3)12-19)6-5-16(13)10-18-7-8-20-4/h5-6,9,14-15,18H,7-8,10-12H2,1-4H3. The molecular weight excluding hydrogens is 280 g/mol. The van der Waals surface area contributed by atoms with Gasteiger partial charge in [-0.2, -0.15) is 11.8 Å². The Kier molecular flexibility index (Phi) is 6.40. The lowest BCUT2D eigenvalue weighted by Gasteiger charge is -2.36. The van der Waals surface area contributed by atoms with Gasteiger partial charge >= 0.3 is 0 Å². The highest BCUT2D eigenvalue weighted by atomic mass is 32.2. The zero-order valence-corrected chi connectivity index (χ0v) is 14.5. The summed E-state index contributed by atoms with van der Waals surface area (Å²) >= 11 is 2.10. The van der Waals surface area contributed by atoms with E-state index in [1.54, 1.807) is 7.11 Å². The fourth-order valence-electron chi connectivity index (χ4n) is 2.86. The van der Waals surface area contributed by atoms with Crippen LogP contribution in [-0.2, 0) is 11.3 Å². The Morgan fingerprint density at radius 2 is 2.00 bits per heavy atom. The van der Waals surface area contributed by atoms with E-state index in [1.807, 2.05) is 0 Å². The third-order valence-corrected chi connectivity index (χ3v) is 5.14. The van der Waals surface area contributed by atoms with Crippen molar-refractivity contribution in [1.82, 2.24) is 5.32 Å². The summed E-state index contributed by atoms with van der Waals surface area (Å²) in [6.45, 7) is 11.7. The van der Waals surface area contributed by atoms with Crippen LogP contribution in [-0.4, -0.2) is 43.9 Å². The molecule has 0 saturated carbocycles. The van der Waals surface area contributed by atoms with Crippen LogP contribution in [0, 0.1) is 6.92 Å². The van der Waals surface area contributed by atoms with Gasteiger partial charge in [-0.1, -0.05) is 19.9 Å². The minimum atomic E-state index is 0.712. The summed E-state index contributed by atoms with van der Waals surface area (Å²) in [4.78, 5) is 2.53. The maximum Gasteiger partial charge on any atom is 0.0587 e. The van der Waals surface area contributed by atoms with Crippen molar-refractivity contribution in [3.05, 3.63) is 29.3 Å². The van der Waals surface area contributed by atoms with E-state index in [0.29, 0.717) is 10.5 Å². The second-order valence-corrected chi connectivity index (χ2v) is 7.82. The first-order valence-corrected chi connectivity index (χ1v) is 8.74. The first-order chi connectivity index (χ1) is 10.1. The van der Waals surface area contributed by atoms with Gasteiger partial charge in [0, 0.05) is 49.5 Å². The molecule has 3 nitrogen and oxygen atoms in total. The lowest BCUT2D eigenvalue weighted by molar-refractivity contribution is 0.199. The molecule has 2 atom stereocenters. The van der Waals surface area contributed by atoms with E-state index in [1.165, 1.54) is 16.8 Å². The molecule has 2 unspecified atom stereocenters. The second-order valence-electron chi connectivity index (χ2n) is 5.94. The Morgan fingerprint density at radius 3 is 2.62 bits per heavy atom. The van der Waals surface area contributed by atoms with E-state index in [2.05, 4.69) is 60.9 Å². The quantitative estimate of drug-likeness (QED) is 0.816.